The first-order valence-corrected chi connectivity index (χ1v) is 8.80. The van der Waals surface area contributed by atoms with E-state index in [9.17, 15) is 5.11 Å². The number of rotatable bonds is 6. The molecule has 1 aliphatic heterocycles. The van der Waals surface area contributed by atoms with Crippen molar-refractivity contribution in [1.29, 1.82) is 0 Å². The van der Waals surface area contributed by atoms with Gasteiger partial charge in [-0.2, -0.15) is 0 Å². The van der Waals surface area contributed by atoms with Crippen LogP contribution in [0.15, 0.2) is 35.2 Å². The zero-order chi connectivity index (χ0) is 16.9. The molecule has 0 aromatic carbocycles. The van der Waals surface area contributed by atoms with E-state index in [0.29, 0.717) is 16.6 Å². The summed E-state index contributed by atoms with van der Waals surface area (Å²) in [5.74, 6) is 0.951. The first kappa shape index (κ1) is 17.7. The predicted molar refractivity (Wildman–Crippen MR) is 94.1 cm³/mol. The molecule has 1 aliphatic rings. The van der Waals surface area contributed by atoms with Gasteiger partial charge in [0.05, 0.1) is 22.9 Å². The third-order valence-electron chi connectivity index (χ3n) is 4.42. The lowest BCUT2D eigenvalue weighted by molar-refractivity contribution is 0.0456. The fraction of sp³-hybridized carbons (Fsp3) is 0.471. The fourth-order valence-corrected chi connectivity index (χ4v) is 3.63. The molecule has 2 aromatic heterocycles. The Labute approximate surface area is 151 Å². The van der Waals surface area contributed by atoms with Crippen molar-refractivity contribution in [2.24, 2.45) is 0 Å². The van der Waals surface area contributed by atoms with E-state index in [4.69, 9.17) is 27.6 Å². The molecule has 2 aromatic rings. The minimum atomic E-state index is 0.171. The molecule has 0 spiro atoms. The summed E-state index contributed by atoms with van der Waals surface area (Å²) in [7, 11) is 0. The van der Waals surface area contributed by atoms with Crippen LogP contribution in [0.5, 0.6) is 0 Å². The number of piperazine rings is 1. The lowest BCUT2D eigenvalue weighted by atomic mass is 10.1. The van der Waals surface area contributed by atoms with Crippen LogP contribution < -0.4 is 0 Å². The van der Waals surface area contributed by atoms with Crippen LogP contribution >= 0.6 is 23.2 Å². The van der Waals surface area contributed by atoms with Gasteiger partial charge in [-0.15, -0.1) is 0 Å². The van der Waals surface area contributed by atoms with Crippen molar-refractivity contribution >= 4 is 23.2 Å². The van der Waals surface area contributed by atoms with Crippen LogP contribution in [-0.2, 0) is 13.1 Å². The molecular formula is C17H21Cl2N3O2. The monoisotopic (exact) mass is 369 g/mol. The minimum absolute atomic E-state index is 0.171. The van der Waals surface area contributed by atoms with E-state index in [1.54, 1.807) is 18.7 Å². The van der Waals surface area contributed by atoms with Gasteiger partial charge in [0.2, 0.25) is 0 Å². The number of pyridine rings is 1. The molecule has 0 saturated carbocycles. The molecule has 0 radical (unpaired) electrons. The Kier molecular flexibility index (Phi) is 6.14. The van der Waals surface area contributed by atoms with Gasteiger partial charge < -0.3 is 9.52 Å². The van der Waals surface area contributed by atoms with E-state index in [0.717, 1.165) is 43.9 Å². The number of halogens is 2. The summed E-state index contributed by atoms with van der Waals surface area (Å²) >= 11 is 12.5. The van der Waals surface area contributed by atoms with Crippen LogP contribution in [0.25, 0.3) is 0 Å². The third kappa shape index (κ3) is 4.29. The van der Waals surface area contributed by atoms with Crippen molar-refractivity contribution in [2.45, 2.75) is 25.6 Å². The van der Waals surface area contributed by atoms with Crippen molar-refractivity contribution in [1.82, 2.24) is 14.8 Å². The molecule has 0 bridgehead atoms. The highest BCUT2D eigenvalue weighted by Crippen LogP contribution is 2.26. The maximum absolute atomic E-state index is 9.41. The largest absolute Gasteiger partial charge is 0.468 e. The molecule has 130 valence electrons. The SMILES string of the molecule is OCC[C@@H]1CN(Cc2c(Cl)cncc2Cl)CCN1Cc1ccco1. The van der Waals surface area contributed by atoms with Gasteiger partial charge in [0.1, 0.15) is 5.76 Å². The molecular weight excluding hydrogens is 349 g/mol. The molecule has 0 amide bonds. The third-order valence-corrected chi connectivity index (χ3v) is 5.08. The number of aliphatic hydroxyl groups excluding tert-OH is 1. The molecule has 0 unspecified atom stereocenters. The highest BCUT2D eigenvalue weighted by atomic mass is 35.5. The summed E-state index contributed by atoms with van der Waals surface area (Å²) in [6, 6.07) is 4.16. The van der Waals surface area contributed by atoms with Gasteiger partial charge >= 0.3 is 0 Å². The average molecular weight is 370 g/mol. The Hall–Kier alpha value is -1.11. The second kappa shape index (κ2) is 8.32. The first-order valence-electron chi connectivity index (χ1n) is 8.05. The highest BCUT2D eigenvalue weighted by Gasteiger charge is 2.28. The summed E-state index contributed by atoms with van der Waals surface area (Å²) in [6.07, 6.45) is 5.68. The molecule has 1 N–H and O–H groups in total. The number of aliphatic hydroxyl groups is 1. The van der Waals surface area contributed by atoms with Gasteiger partial charge in [-0.3, -0.25) is 14.8 Å². The molecule has 1 atom stereocenters. The number of hydrogen-bond donors (Lipinski definition) is 1. The normalized spacial score (nSPS) is 19.7. The Balaban J connectivity index is 1.66. The molecule has 1 fully saturated rings. The van der Waals surface area contributed by atoms with Gasteiger partial charge in [0.15, 0.2) is 0 Å². The smallest absolute Gasteiger partial charge is 0.117 e. The summed E-state index contributed by atoms with van der Waals surface area (Å²) in [6.45, 7) is 4.31. The second-order valence-electron chi connectivity index (χ2n) is 6.03. The zero-order valence-electron chi connectivity index (χ0n) is 13.4. The second-order valence-corrected chi connectivity index (χ2v) is 6.85. The van der Waals surface area contributed by atoms with Crippen LogP contribution in [-0.4, -0.2) is 52.2 Å². The van der Waals surface area contributed by atoms with Gasteiger partial charge in [-0.1, -0.05) is 23.2 Å². The predicted octanol–water partition coefficient (Wildman–Crippen LogP) is 3.05. The van der Waals surface area contributed by atoms with Crippen LogP contribution in [0, 0.1) is 0 Å². The number of aromatic nitrogens is 1. The van der Waals surface area contributed by atoms with Crippen LogP contribution in [0.4, 0.5) is 0 Å². The maximum Gasteiger partial charge on any atom is 0.117 e. The van der Waals surface area contributed by atoms with Gasteiger partial charge in [-0.25, -0.2) is 0 Å². The quantitative estimate of drug-likeness (QED) is 0.847. The minimum Gasteiger partial charge on any atom is -0.468 e. The number of furan rings is 1. The first-order chi connectivity index (χ1) is 11.7. The molecule has 1 saturated heterocycles. The summed E-state index contributed by atoms with van der Waals surface area (Å²) < 4.78 is 5.46. The summed E-state index contributed by atoms with van der Waals surface area (Å²) in [5, 5.41) is 10.6. The fourth-order valence-electron chi connectivity index (χ4n) is 3.15. The number of hydrogen-bond acceptors (Lipinski definition) is 5. The van der Waals surface area contributed by atoms with Crippen LogP contribution in [0.1, 0.15) is 17.7 Å². The van der Waals surface area contributed by atoms with Crippen molar-refractivity contribution < 1.29 is 9.52 Å². The zero-order valence-corrected chi connectivity index (χ0v) is 14.9. The van der Waals surface area contributed by atoms with Crippen molar-refractivity contribution in [3.8, 4) is 0 Å². The van der Waals surface area contributed by atoms with E-state index in [1.807, 2.05) is 12.1 Å². The number of nitrogens with zero attached hydrogens (tertiary/aromatic N) is 3. The Bertz CT molecular complexity index is 631. The van der Waals surface area contributed by atoms with E-state index in [1.165, 1.54) is 0 Å². The molecule has 3 rings (SSSR count). The van der Waals surface area contributed by atoms with Crippen molar-refractivity contribution in [3.63, 3.8) is 0 Å². The van der Waals surface area contributed by atoms with Crippen LogP contribution in [0.2, 0.25) is 10.0 Å². The van der Waals surface area contributed by atoms with E-state index in [-0.39, 0.29) is 12.6 Å². The summed E-state index contributed by atoms with van der Waals surface area (Å²) in [5.41, 5.74) is 0.913. The highest BCUT2D eigenvalue weighted by molar-refractivity contribution is 6.35. The molecule has 24 heavy (non-hydrogen) atoms. The topological polar surface area (TPSA) is 52.7 Å². The molecule has 5 nitrogen and oxygen atoms in total. The van der Waals surface area contributed by atoms with Crippen molar-refractivity contribution in [3.05, 3.63) is 52.2 Å². The Morgan fingerprint density at radius 1 is 1.21 bits per heavy atom. The van der Waals surface area contributed by atoms with Gasteiger partial charge in [-0.05, 0) is 18.6 Å². The Morgan fingerprint density at radius 3 is 2.67 bits per heavy atom. The van der Waals surface area contributed by atoms with Gasteiger partial charge in [0, 0.05) is 56.8 Å². The van der Waals surface area contributed by atoms with Gasteiger partial charge in [0.25, 0.3) is 0 Å². The lowest BCUT2D eigenvalue weighted by Gasteiger charge is -2.41. The van der Waals surface area contributed by atoms with E-state index >= 15 is 0 Å². The average Bonchev–Trinajstić information content (AvgIpc) is 3.07. The summed E-state index contributed by atoms with van der Waals surface area (Å²) in [4.78, 5) is 8.69. The lowest BCUT2D eigenvalue weighted by Crippen LogP contribution is -2.52. The molecule has 0 aliphatic carbocycles. The standard InChI is InChI=1S/C17H21Cl2N3O2/c18-16-8-20-9-17(19)15(16)12-21-4-5-22(13(10-21)3-6-23)11-14-2-1-7-24-14/h1-2,7-9,13,23H,3-6,10-12H2/t13-/m1/s1. The van der Waals surface area contributed by atoms with Crippen molar-refractivity contribution in [2.75, 3.05) is 26.2 Å². The van der Waals surface area contributed by atoms with E-state index < -0.39 is 0 Å². The maximum atomic E-state index is 9.41. The molecule has 3 heterocycles. The molecule has 7 heteroatoms. The Morgan fingerprint density at radius 2 is 2.00 bits per heavy atom. The van der Waals surface area contributed by atoms with Crippen LogP contribution in [0.3, 0.4) is 0 Å². The van der Waals surface area contributed by atoms with E-state index in [2.05, 4.69) is 14.8 Å².